The van der Waals surface area contributed by atoms with Crippen LogP contribution in [0.15, 0.2) is 51.7 Å². The maximum Gasteiger partial charge on any atom is 0.339 e. The molecule has 2 fully saturated rings. The second-order valence-corrected chi connectivity index (χ2v) is 10.6. The fraction of sp³-hybridized carbons (Fsp3) is 0.467. The molecule has 4 atom stereocenters. The summed E-state index contributed by atoms with van der Waals surface area (Å²) in [6, 6.07) is 13.6. The highest BCUT2D eigenvalue weighted by Gasteiger charge is 2.50. The van der Waals surface area contributed by atoms with E-state index in [1.165, 1.54) is 0 Å². The van der Waals surface area contributed by atoms with Crippen molar-refractivity contribution in [3.05, 3.63) is 75.1 Å². The van der Waals surface area contributed by atoms with Gasteiger partial charge in [0.15, 0.2) is 6.10 Å². The van der Waals surface area contributed by atoms with Crippen molar-refractivity contribution < 1.29 is 19.1 Å². The van der Waals surface area contributed by atoms with Gasteiger partial charge in [-0.15, -0.1) is 0 Å². The lowest BCUT2D eigenvalue weighted by Gasteiger charge is -2.53. The first-order valence-electron chi connectivity index (χ1n) is 13.0. The number of carbonyl (C=O) groups is 1. The van der Waals surface area contributed by atoms with E-state index in [1.54, 1.807) is 13.8 Å². The Hall–Kier alpha value is -3.12. The van der Waals surface area contributed by atoms with Crippen molar-refractivity contribution >= 4 is 16.9 Å². The zero-order valence-corrected chi connectivity index (χ0v) is 21.5. The van der Waals surface area contributed by atoms with Crippen molar-refractivity contribution in [2.24, 2.45) is 5.92 Å². The molecule has 0 unspecified atom stereocenters. The standard InChI is InChI=1S/C30H35NO5/c1-18-19(2)29(33)36-27-20(3)25(14-13-23(18)27)35-21(4)28(32)31-17-16-30(34)15-9-8-12-24(30)26(31)22-10-6-5-7-11-22/h5-7,10-11,13-14,21,24,26,34H,8-9,12,15-17H2,1-4H3/t21-,24+,26-,30+/m0/s1. The van der Waals surface area contributed by atoms with Crippen molar-refractivity contribution in [2.45, 2.75) is 77.5 Å². The highest BCUT2D eigenvalue weighted by molar-refractivity contribution is 5.86. The van der Waals surface area contributed by atoms with E-state index in [9.17, 15) is 14.7 Å². The zero-order chi connectivity index (χ0) is 25.6. The second-order valence-electron chi connectivity index (χ2n) is 10.6. The van der Waals surface area contributed by atoms with Gasteiger partial charge in [0.05, 0.1) is 11.6 Å². The van der Waals surface area contributed by atoms with Gasteiger partial charge in [-0.3, -0.25) is 4.79 Å². The van der Waals surface area contributed by atoms with Crippen molar-refractivity contribution in [2.75, 3.05) is 6.54 Å². The maximum atomic E-state index is 13.8. The SMILES string of the molecule is Cc1c(C)c2ccc(O[C@@H](C)C(=O)N3CC[C@]4(O)CCCC[C@@H]4[C@@H]3c3ccccc3)c(C)c2oc1=O. The maximum absolute atomic E-state index is 13.8. The summed E-state index contributed by atoms with van der Waals surface area (Å²) in [6.45, 7) is 7.78. The average Bonchev–Trinajstić information content (AvgIpc) is 2.88. The van der Waals surface area contributed by atoms with Gasteiger partial charge in [-0.2, -0.15) is 0 Å². The Balaban J connectivity index is 1.45. The van der Waals surface area contributed by atoms with Crippen LogP contribution >= 0.6 is 0 Å². The highest BCUT2D eigenvalue weighted by Crippen LogP contribution is 2.49. The molecule has 6 nitrogen and oxygen atoms in total. The first-order valence-corrected chi connectivity index (χ1v) is 13.0. The molecule has 1 aromatic heterocycles. The average molecular weight is 490 g/mol. The highest BCUT2D eigenvalue weighted by atomic mass is 16.5. The van der Waals surface area contributed by atoms with Gasteiger partial charge in [0.25, 0.3) is 5.91 Å². The van der Waals surface area contributed by atoms with E-state index in [1.807, 2.05) is 49.1 Å². The van der Waals surface area contributed by atoms with Gasteiger partial charge in [-0.25, -0.2) is 4.79 Å². The number of aryl methyl sites for hydroxylation is 2. The normalized spacial score (nSPS) is 24.9. The molecule has 190 valence electrons. The summed E-state index contributed by atoms with van der Waals surface area (Å²) >= 11 is 0. The number of carbonyl (C=O) groups excluding carboxylic acids is 1. The number of hydrogen-bond donors (Lipinski definition) is 1. The predicted molar refractivity (Wildman–Crippen MR) is 139 cm³/mol. The van der Waals surface area contributed by atoms with Crippen LogP contribution in [0.25, 0.3) is 11.0 Å². The summed E-state index contributed by atoms with van der Waals surface area (Å²) < 4.78 is 11.8. The van der Waals surface area contributed by atoms with Crippen molar-refractivity contribution in [1.29, 1.82) is 0 Å². The Kier molecular flexibility index (Phi) is 6.41. The van der Waals surface area contributed by atoms with Gasteiger partial charge in [0.1, 0.15) is 11.3 Å². The van der Waals surface area contributed by atoms with Gasteiger partial charge in [-0.05, 0) is 70.2 Å². The minimum Gasteiger partial charge on any atom is -0.480 e. The van der Waals surface area contributed by atoms with Gasteiger partial charge in [-0.1, -0.05) is 43.2 Å². The number of fused-ring (bicyclic) bond motifs is 2. The summed E-state index contributed by atoms with van der Waals surface area (Å²) in [4.78, 5) is 28.0. The Bertz CT molecular complexity index is 1350. The Morgan fingerprint density at radius 2 is 1.81 bits per heavy atom. The third-order valence-electron chi connectivity index (χ3n) is 8.47. The lowest BCUT2D eigenvalue weighted by atomic mass is 9.66. The first-order chi connectivity index (χ1) is 17.2. The number of piperidine rings is 1. The Morgan fingerprint density at radius 1 is 1.06 bits per heavy atom. The molecule has 3 aromatic rings. The number of rotatable bonds is 4. The molecule has 0 spiro atoms. The quantitative estimate of drug-likeness (QED) is 0.498. The van der Waals surface area contributed by atoms with Crippen LogP contribution in [0.2, 0.25) is 0 Å². The topological polar surface area (TPSA) is 80.0 Å². The summed E-state index contributed by atoms with van der Waals surface area (Å²) in [5.74, 6) is 0.427. The smallest absolute Gasteiger partial charge is 0.339 e. The van der Waals surface area contributed by atoms with Gasteiger partial charge in [0, 0.05) is 29.0 Å². The lowest BCUT2D eigenvalue weighted by molar-refractivity contribution is -0.161. The lowest BCUT2D eigenvalue weighted by Crippen LogP contribution is -2.58. The monoisotopic (exact) mass is 489 g/mol. The van der Waals surface area contributed by atoms with E-state index >= 15 is 0 Å². The molecule has 0 radical (unpaired) electrons. The molecule has 2 heterocycles. The molecule has 2 aliphatic rings. The molecule has 1 saturated heterocycles. The molecule has 6 heteroatoms. The van der Waals surface area contributed by atoms with Gasteiger partial charge >= 0.3 is 5.63 Å². The molecule has 1 saturated carbocycles. The summed E-state index contributed by atoms with van der Waals surface area (Å²) in [5.41, 5.74) is 2.64. The minimum atomic E-state index is -0.736. The van der Waals surface area contributed by atoms with Crippen LogP contribution in [-0.2, 0) is 4.79 Å². The van der Waals surface area contributed by atoms with Gasteiger partial charge in [0.2, 0.25) is 0 Å². The third kappa shape index (κ3) is 4.11. The minimum absolute atomic E-state index is 0.00134. The molecule has 1 aliphatic heterocycles. The first kappa shape index (κ1) is 24.6. The van der Waals surface area contributed by atoms with E-state index in [4.69, 9.17) is 9.15 Å². The van der Waals surface area contributed by atoms with E-state index < -0.39 is 11.7 Å². The molecular weight excluding hydrogens is 454 g/mol. The van der Waals surface area contributed by atoms with Crippen LogP contribution in [0.3, 0.4) is 0 Å². The molecule has 0 bridgehead atoms. The van der Waals surface area contributed by atoms with E-state index in [0.29, 0.717) is 35.4 Å². The summed E-state index contributed by atoms with van der Waals surface area (Å²) in [6.07, 6.45) is 3.62. The van der Waals surface area contributed by atoms with Crippen molar-refractivity contribution in [1.82, 2.24) is 4.90 Å². The fourth-order valence-electron chi connectivity index (χ4n) is 6.22. The number of nitrogens with zero attached hydrogens (tertiary/aromatic N) is 1. The van der Waals surface area contributed by atoms with E-state index in [0.717, 1.165) is 42.2 Å². The zero-order valence-electron chi connectivity index (χ0n) is 21.5. The fourth-order valence-corrected chi connectivity index (χ4v) is 6.22. The van der Waals surface area contributed by atoms with Crippen LogP contribution < -0.4 is 10.4 Å². The molecule has 1 N–H and O–H groups in total. The van der Waals surface area contributed by atoms with Crippen molar-refractivity contribution in [3.8, 4) is 5.75 Å². The number of benzene rings is 2. The number of aliphatic hydroxyl groups is 1. The van der Waals surface area contributed by atoms with E-state index in [2.05, 4.69) is 12.1 Å². The molecule has 2 aromatic carbocycles. The summed E-state index contributed by atoms with van der Waals surface area (Å²) in [7, 11) is 0. The third-order valence-corrected chi connectivity index (χ3v) is 8.47. The second kappa shape index (κ2) is 9.40. The van der Waals surface area contributed by atoms with Gasteiger partial charge < -0.3 is 19.2 Å². The van der Waals surface area contributed by atoms with Crippen LogP contribution in [0.4, 0.5) is 0 Å². The number of ether oxygens (including phenoxy) is 1. The predicted octanol–water partition coefficient (Wildman–Crippen LogP) is 5.38. The molecule has 1 aliphatic carbocycles. The largest absolute Gasteiger partial charge is 0.480 e. The molecular formula is C30H35NO5. The molecule has 1 amide bonds. The Morgan fingerprint density at radius 3 is 2.56 bits per heavy atom. The Labute approximate surface area is 211 Å². The molecule has 36 heavy (non-hydrogen) atoms. The summed E-state index contributed by atoms with van der Waals surface area (Å²) in [5, 5.41) is 12.4. The van der Waals surface area contributed by atoms with Crippen molar-refractivity contribution in [3.63, 3.8) is 0 Å². The number of hydrogen-bond acceptors (Lipinski definition) is 5. The number of amides is 1. The molecule has 5 rings (SSSR count). The van der Waals surface area contributed by atoms with Crippen LogP contribution in [-0.4, -0.2) is 34.2 Å². The number of likely N-dealkylation sites (tertiary alicyclic amines) is 1. The van der Waals surface area contributed by atoms with Crippen LogP contribution in [0, 0.1) is 26.7 Å². The van der Waals surface area contributed by atoms with E-state index in [-0.39, 0.29) is 23.5 Å². The van der Waals surface area contributed by atoms with Crippen LogP contribution in [0.5, 0.6) is 5.75 Å². The van der Waals surface area contributed by atoms with Crippen LogP contribution in [0.1, 0.15) is 67.3 Å².